The normalized spacial score (nSPS) is 19.2. The number of methoxy groups -OCH3 is 1. The van der Waals surface area contributed by atoms with E-state index < -0.39 is 29.3 Å². The standard InChI is InChI=1S/C30H36F5N7O3S.CH4/c1-3-21-5-4-7-41(21)15-23-26(18-11-19(30(33,34)35)13-20(31)12-18)38-29(46-23)39-27-25(32)28(37-17-36-27)42-10-9-40(8-6-24(43)44)22(14-42)16-45-2;/h11-13,17,21-22H,3-10,14-16H2,1-2H3,(H,43,44)(H,36,37,38,39);1H4/t21-,22+;/m1./s1. The van der Waals surface area contributed by atoms with Crippen molar-refractivity contribution in [2.75, 3.05) is 56.7 Å². The molecule has 258 valence electrons. The number of halogens is 5. The van der Waals surface area contributed by atoms with Crippen LogP contribution >= 0.6 is 11.3 Å². The first-order chi connectivity index (χ1) is 22.0. The van der Waals surface area contributed by atoms with E-state index in [1.165, 1.54) is 13.4 Å². The summed E-state index contributed by atoms with van der Waals surface area (Å²) < 4.78 is 76.4. The van der Waals surface area contributed by atoms with E-state index in [9.17, 15) is 22.4 Å². The van der Waals surface area contributed by atoms with Gasteiger partial charge in [0, 0.05) is 56.3 Å². The van der Waals surface area contributed by atoms with Gasteiger partial charge in [-0.15, -0.1) is 0 Å². The Kier molecular flexibility index (Phi) is 12.1. The van der Waals surface area contributed by atoms with E-state index in [4.69, 9.17) is 9.84 Å². The molecule has 47 heavy (non-hydrogen) atoms. The Labute approximate surface area is 274 Å². The lowest BCUT2D eigenvalue weighted by molar-refractivity contribution is -0.138. The molecule has 2 aliphatic heterocycles. The highest BCUT2D eigenvalue weighted by molar-refractivity contribution is 7.16. The molecule has 2 saturated heterocycles. The van der Waals surface area contributed by atoms with Crippen LogP contribution in [-0.4, -0.2) is 94.4 Å². The summed E-state index contributed by atoms with van der Waals surface area (Å²) in [6.45, 7) is 5.12. The molecule has 2 aliphatic rings. The van der Waals surface area contributed by atoms with Gasteiger partial charge in [0.15, 0.2) is 16.8 Å². The topological polar surface area (TPSA) is 107 Å². The molecule has 2 aromatic heterocycles. The Morgan fingerprint density at radius 1 is 1.13 bits per heavy atom. The van der Waals surface area contributed by atoms with Crippen LogP contribution in [0, 0.1) is 11.6 Å². The lowest BCUT2D eigenvalue weighted by Gasteiger charge is -2.41. The number of nitrogens with zero attached hydrogens (tertiary/aromatic N) is 6. The molecule has 2 fully saturated rings. The van der Waals surface area contributed by atoms with E-state index >= 15 is 4.39 Å². The minimum Gasteiger partial charge on any atom is -0.481 e. The van der Waals surface area contributed by atoms with Gasteiger partial charge in [-0.1, -0.05) is 25.7 Å². The molecule has 0 aliphatic carbocycles. The van der Waals surface area contributed by atoms with Crippen LogP contribution in [0.3, 0.4) is 0 Å². The fraction of sp³-hybridized carbons (Fsp3) is 0.548. The average molecular weight is 686 g/mol. The SMILES string of the molecule is C.CC[C@@H]1CCCN1Cc1sc(Nc2ncnc(N3CCN(CCC(=O)O)[C@H](COC)C3)c2F)nc1-c1cc(F)cc(C(F)(F)F)c1. The number of thiazole rings is 1. The van der Waals surface area contributed by atoms with Crippen LogP contribution in [0.25, 0.3) is 11.3 Å². The first kappa shape index (κ1) is 36.4. The Balaban J connectivity index is 0.00000500. The van der Waals surface area contributed by atoms with Crippen molar-refractivity contribution >= 4 is 34.1 Å². The number of benzene rings is 1. The van der Waals surface area contributed by atoms with Crippen LogP contribution in [0.5, 0.6) is 0 Å². The van der Waals surface area contributed by atoms with Gasteiger partial charge >= 0.3 is 12.1 Å². The summed E-state index contributed by atoms with van der Waals surface area (Å²) in [4.78, 5) is 30.5. The van der Waals surface area contributed by atoms with Crippen molar-refractivity contribution in [2.24, 2.45) is 0 Å². The second-order valence-electron chi connectivity index (χ2n) is 11.4. The minimum absolute atomic E-state index is 0. The zero-order chi connectivity index (χ0) is 33.0. The molecule has 0 radical (unpaired) electrons. The van der Waals surface area contributed by atoms with Crippen molar-refractivity contribution in [1.82, 2.24) is 24.8 Å². The van der Waals surface area contributed by atoms with Gasteiger partial charge < -0.3 is 20.1 Å². The quantitative estimate of drug-likeness (QED) is 0.212. The second kappa shape index (κ2) is 15.6. The third kappa shape index (κ3) is 8.72. The summed E-state index contributed by atoms with van der Waals surface area (Å²) in [5.74, 6) is -2.82. The Hall–Kier alpha value is -3.47. The largest absolute Gasteiger partial charge is 0.481 e. The van der Waals surface area contributed by atoms with Gasteiger partial charge in [0.1, 0.15) is 12.1 Å². The van der Waals surface area contributed by atoms with Crippen molar-refractivity contribution in [1.29, 1.82) is 0 Å². The van der Waals surface area contributed by atoms with Crippen LogP contribution in [0.1, 0.15) is 50.5 Å². The summed E-state index contributed by atoms with van der Waals surface area (Å²) in [6, 6.07) is 2.46. The molecule has 4 heterocycles. The maximum absolute atomic E-state index is 15.9. The average Bonchev–Trinajstić information content (AvgIpc) is 3.63. The molecular formula is C31H40F5N7O3S. The summed E-state index contributed by atoms with van der Waals surface area (Å²) in [6.07, 6.45) is -0.674. The number of aliphatic carboxylic acids is 1. The molecule has 1 aromatic carbocycles. The van der Waals surface area contributed by atoms with Crippen molar-refractivity contribution < 1.29 is 36.6 Å². The van der Waals surface area contributed by atoms with Gasteiger partial charge in [-0.25, -0.2) is 19.3 Å². The van der Waals surface area contributed by atoms with E-state index in [1.807, 2.05) is 4.90 Å². The maximum atomic E-state index is 15.9. The third-order valence-electron chi connectivity index (χ3n) is 8.39. The number of nitrogens with one attached hydrogen (secondary N) is 1. The van der Waals surface area contributed by atoms with Crippen LogP contribution < -0.4 is 10.2 Å². The van der Waals surface area contributed by atoms with Gasteiger partial charge in [0.25, 0.3) is 0 Å². The van der Waals surface area contributed by atoms with Crippen molar-refractivity contribution in [3.05, 3.63) is 46.6 Å². The van der Waals surface area contributed by atoms with Crippen LogP contribution in [0.15, 0.2) is 24.5 Å². The smallest absolute Gasteiger partial charge is 0.416 e. The highest BCUT2D eigenvalue weighted by atomic mass is 32.1. The van der Waals surface area contributed by atoms with E-state index in [1.54, 1.807) is 4.90 Å². The number of ether oxygens (including phenoxy) is 1. The number of likely N-dealkylation sites (tertiary alicyclic amines) is 1. The number of hydrogen-bond donors (Lipinski definition) is 2. The molecular weight excluding hydrogens is 645 g/mol. The first-order valence-corrected chi connectivity index (χ1v) is 15.9. The van der Waals surface area contributed by atoms with Gasteiger partial charge in [0.05, 0.1) is 30.3 Å². The molecule has 0 bridgehead atoms. The number of piperazine rings is 1. The van der Waals surface area contributed by atoms with E-state index in [-0.39, 0.29) is 47.9 Å². The second-order valence-corrected chi connectivity index (χ2v) is 12.5. The maximum Gasteiger partial charge on any atom is 0.416 e. The van der Waals surface area contributed by atoms with Crippen LogP contribution in [0.4, 0.5) is 38.7 Å². The molecule has 0 saturated carbocycles. The first-order valence-electron chi connectivity index (χ1n) is 15.1. The number of hydrogen-bond acceptors (Lipinski definition) is 10. The molecule has 0 spiro atoms. The lowest BCUT2D eigenvalue weighted by Crippen LogP contribution is -2.55. The third-order valence-corrected chi connectivity index (χ3v) is 9.34. The zero-order valence-electron chi connectivity index (χ0n) is 25.5. The molecule has 5 rings (SSSR count). The highest BCUT2D eigenvalue weighted by Gasteiger charge is 2.33. The van der Waals surface area contributed by atoms with Gasteiger partial charge in [-0.05, 0) is 44.0 Å². The Morgan fingerprint density at radius 3 is 2.62 bits per heavy atom. The molecule has 2 atom stereocenters. The number of alkyl halides is 3. The minimum atomic E-state index is -4.75. The van der Waals surface area contributed by atoms with E-state index in [2.05, 4.69) is 32.1 Å². The number of anilines is 3. The summed E-state index contributed by atoms with van der Waals surface area (Å²) in [5, 5.41) is 12.2. The summed E-state index contributed by atoms with van der Waals surface area (Å²) in [7, 11) is 1.54. The predicted molar refractivity (Wildman–Crippen MR) is 170 cm³/mol. The zero-order valence-corrected chi connectivity index (χ0v) is 26.3. The molecule has 3 aromatic rings. The Morgan fingerprint density at radius 2 is 1.91 bits per heavy atom. The van der Waals surface area contributed by atoms with Crippen molar-refractivity contribution in [3.63, 3.8) is 0 Å². The lowest BCUT2D eigenvalue weighted by atomic mass is 10.1. The van der Waals surface area contributed by atoms with Gasteiger partial charge in [0.2, 0.25) is 5.82 Å². The number of rotatable bonds is 12. The Bertz CT molecular complexity index is 1530. The van der Waals surface area contributed by atoms with Crippen LogP contribution in [0.2, 0.25) is 0 Å². The summed E-state index contributed by atoms with van der Waals surface area (Å²) in [5.41, 5.74) is -0.952. The molecule has 10 nitrogen and oxygen atoms in total. The molecule has 2 N–H and O–H groups in total. The predicted octanol–water partition coefficient (Wildman–Crippen LogP) is 6.26. The van der Waals surface area contributed by atoms with Crippen LogP contribution in [-0.2, 0) is 22.3 Å². The van der Waals surface area contributed by atoms with Gasteiger partial charge in [-0.3, -0.25) is 14.6 Å². The highest BCUT2D eigenvalue weighted by Crippen LogP contribution is 2.39. The number of aromatic nitrogens is 3. The summed E-state index contributed by atoms with van der Waals surface area (Å²) >= 11 is 1.15. The van der Waals surface area contributed by atoms with E-state index in [0.29, 0.717) is 56.3 Å². The van der Waals surface area contributed by atoms with E-state index in [0.717, 1.165) is 49.3 Å². The fourth-order valence-electron chi connectivity index (χ4n) is 6.12. The van der Waals surface area contributed by atoms with Gasteiger partial charge in [-0.2, -0.15) is 17.6 Å². The van der Waals surface area contributed by atoms with Crippen molar-refractivity contribution in [2.45, 2.75) is 64.8 Å². The number of carbonyl (C=O) groups is 1. The fourth-order valence-corrected chi connectivity index (χ4v) is 7.13. The van der Waals surface area contributed by atoms with Crippen molar-refractivity contribution in [3.8, 4) is 11.3 Å². The number of carboxylic acids is 1. The molecule has 16 heteroatoms. The molecule has 0 amide bonds. The number of carboxylic acid groups (broad SMARTS) is 1. The molecule has 0 unspecified atom stereocenters. The monoisotopic (exact) mass is 685 g/mol.